The van der Waals surface area contributed by atoms with E-state index in [0.717, 1.165) is 5.56 Å². The van der Waals surface area contributed by atoms with Gasteiger partial charge in [0.15, 0.2) is 0 Å². The Bertz CT molecular complexity index is 639. The molecule has 20 heavy (non-hydrogen) atoms. The van der Waals surface area contributed by atoms with Crippen LogP contribution in [0, 0.1) is 0 Å². The number of hydrogen-bond donors (Lipinski definition) is 3. The molecule has 0 aliphatic rings. The lowest BCUT2D eigenvalue weighted by atomic mass is 10.0. The number of nitrogen functional groups attached to an aromatic ring is 1. The van der Waals surface area contributed by atoms with Crippen molar-refractivity contribution in [3.8, 4) is 5.75 Å². The molecule has 2 rings (SSSR count). The standard InChI is InChI=1S/C13H15ClN4OS/c1-7(2)8-3-9(12(19)10(14)4-8)5-16-18-13-17-11(15)6-20-13/h3-7,19H,15H2,1-2H3,(H,17,18). The number of aromatic hydroxyl groups is 1. The molecule has 7 heteroatoms. The topological polar surface area (TPSA) is 83.5 Å². The van der Waals surface area contributed by atoms with Crippen LogP contribution in [0.5, 0.6) is 5.75 Å². The van der Waals surface area contributed by atoms with Gasteiger partial charge in [0.05, 0.1) is 11.2 Å². The molecular weight excluding hydrogens is 296 g/mol. The maximum Gasteiger partial charge on any atom is 0.205 e. The van der Waals surface area contributed by atoms with Crippen LogP contribution in [0.15, 0.2) is 22.6 Å². The molecule has 1 aromatic carbocycles. The molecule has 0 atom stereocenters. The van der Waals surface area contributed by atoms with Crippen LogP contribution in [-0.2, 0) is 0 Å². The number of rotatable bonds is 4. The predicted molar refractivity (Wildman–Crippen MR) is 84.9 cm³/mol. The lowest BCUT2D eigenvalue weighted by molar-refractivity contribution is 0.474. The van der Waals surface area contributed by atoms with E-state index in [0.29, 0.717) is 27.5 Å². The molecule has 0 radical (unpaired) electrons. The maximum atomic E-state index is 9.92. The number of halogens is 1. The molecule has 1 aromatic heterocycles. The fourth-order valence-electron chi connectivity index (χ4n) is 1.57. The van der Waals surface area contributed by atoms with Crippen molar-refractivity contribution in [1.82, 2.24) is 4.98 Å². The van der Waals surface area contributed by atoms with Crippen LogP contribution in [0.1, 0.15) is 30.9 Å². The lowest BCUT2D eigenvalue weighted by Crippen LogP contribution is -1.95. The molecule has 0 saturated carbocycles. The Morgan fingerprint density at radius 2 is 2.25 bits per heavy atom. The molecule has 0 aliphatic carbocycles. The molecule has 0 fully saturated rings. The van der Waals surface area contributed by atoms with Crippen LogP contribution in [-0.4, -0.2) is 16.3 Å². The Kier molecular flexibility index (Phi) is 4.46. The highest BCUT2D eigenvalue weighted by molar-refractivity contribution is 7.14. The van der Waals surface area contributed by atoms with E-state index >= 15 is 0 Å². The van der Waals surface area contributed by atoms with Crippen LogP contribution in [0.4, 0.5) is 10.9 Å². The second-order valence-corrected chi connectivity index (χ2v) is 5.81. The van der Waals surface area contributed by atoms with Gasteiger partial charge in [-0.2, -0.15) is 5.10 Å². The zero-order valence-electron chi connectivity index (χ0n) is 11.1. The zero-order chi connectivity index (χ0) is 14.7. The summed E-state index contributed by atoms with van der Waals surface area (Å²) in [5, 5.41) is 16.6. The first-order valence-electron chi connectivity index (χ1n) is 6.00. The van der Waals surface area contributed by atoms with Crippen molar-refractivity contribution in [3.63, 3.8) is 0 Å². The number of thiazole rings is 1. The first-order chi connectivity index (χ1) is 9.47. The van der Waals surface area contributed by atoms with E-state index in [1.54, 1.807) is 11.4 Å². The van der Waals surface area contributed by atoms with Gasteiger partial charge in [-0.25, -0.2) is 4.98 Å². The number of hydrazone groups is 1. The Labute approximate surface area is 126 Å². The second-order valence-electron chi connectivity index (χ2n) is 4.54. The Morgan fingerprint density at radius 1 is 1.50 bits per heavy atom. The van der Waals surface area contributed by atoms with Crippen LogP contribution in [0.3, 0.4) is 0 Å². The number of nitrogens with two attached hydrogens (primary N) is 1. The maximum absolute atomic E-state index is 9.92. The van der Waals surface area contributed by atoms with Crippen molar-refractivity contribution in [2.24, 2.45) is 5.10 Å². The minimum atomic E-state index is 0.0141. The van der Waals surface area contributed by atoms with E-state index < -0.39 is 0 Å². The first kappa shape index (κ1) is 14.6. The van der Waals surface area contributed by atoms with Gasteiger partial charge in [-0.05, 0) is 23.6 Å². The zero-order valence-corrected chi connectivity index (χ0v) is 12.7. The summed E-state index contributed by atoms with van der Waals surface area (Å²) in [6.07, 6.45) is 1.50. The van der Waals surface area contributed by atoms with E-state index in [1.165, 1.54) is 17.6 Å². The minimum absolute atomic E-state index is 0.0141. The van der Waals surface area contributed by atoms with Gasteiger partial charge in [0.25, 0.3) is 0 Å². The number of benzene rings is 1. The van der Waals surface area contributed by atoms with Crippen LogP contribution in [0.25, 0.3) is 0 Å². The quantitative estimate of drug-likeness (QED) is 0.594. The van der Waals surface area contributed by atoms with Crippen molar-refractivity contribution in [2.45, 2.75) is 19.8 Å². The number of phenolic OH excluding ortho intramolecular Hbond substituents is 1. The molecule has 0 saturated heterocycles. The lowest BCUT2D eigenvalue weighted by Gasteiger charge is -2.09. The number of nitrogens with one attached hydrogen (secondary N) is 1. The van der Waals surface area contributed by atoms with Gasteiger partial charge < -0.3 is 10.8 Å². The molecule has 0 amide bonds. The van der Waals surface area contributed by atoms with Gasteiger partial charge in [0, 0.05) is 10.9 Å². The van der Waals surface area contributed by atoms with Gasteiger partial charge in [0.2, 0.25) is 5.13 Å². The average Bonchev–Trinajstić information content (AvgIpc) is 2.80. The van der Waals surface area contributed by atoms with E-state index in [1.807, 2.05) is 6.07 Å². The highest BCUT2D eigenvalue weighted by Crippen LogP contribution is 2.30. The van der Waals surface area contributed by atoms with Crippen molar-refractivity contribution in [1.29, 1.82) is 0 Å². The fraction of sp³-hybridized carbons (Fsp3) is 0.231. The highest BCUT2D eigenvalue weighted by atomic mass is 35.5. The Morgan fingerprint density at radius 3 is 2.85 bits per heavy atom. The fourth-order valence-corrected chi connectivity index (χ4v) is 2.35. The van der Waals surface area contributed by atoms with Crippen LogP contribution in [0.2, 0.25) is 5.02 Å². The predicted octanol–water partition coefficient (Wildman–Crippen LogP) is 3.65. The number of anilines is 2. The third kappa shape index (κ3) is 3.40. The summed E-state index contributed by atoms with van der Waals surface area (Å²) in [4.78, 5) is 4.01. The molecule has 0 aliphatic heterocycles. The molecule has 5 nitrogen and oxygen atoms in total. The molecule has 4 N–H and O–H groups in total. The second kappa shape index (κ2) is 6.11. The Hall–Kier alpha value is -1.79. The van der Waals surface area contributed by atoms with Crippen molar-refractivity contribution in [2.75, 3.05) is 11.2 Å². The summed E-state index contributed by atoms with van der Waals surface area (Å²) in [5.74, 6) is 0.771. The minimum Gasteiger partial charge on any atom is -0.506 e. The van der Waals surface area contributed by atoms with Gasteiger partial charge in [-0.1, -0.05) is 25.4 Å². The van der Waals surface area contributed by atoms with Gasteiger partial charge in [-0.3, -0.25) is 5.43 Å². The Balaban J connectivity index is 2.19. The molecule has 1 heterocycles. The van der Waals surface area contributed by atoms with E-state index in [-0.39, 0.29) is 5.75 Å². The van der Waals surface area contributed by atoms with Crippen LogP contribution >= 0.6 is 22.9 Å². The van der Waals surface area contributed by atoms with Crippen molar-refractivity contribution in [3.05, 3.63) is 33.7 Å². The summed E-state index contributed by atoms with van der Waals surface area (Å²) in [6, 6.07) is 3.61. The number of hydrogen-bond acceptors (Lipinski definition) is 6. The highest BCUT2D eigenvalue weighted by Gasteiger charge is 2.09. The molecule has 0 bridgehead atoms. The largest absolute Gasteiger partial charge is 0.506 e. The summed E-state index contributed by atoms with van der Waals surface area (Å²) in [5.41, 5.74) is 9.85. The molecule has 2 aromatic rings. The SMILES string of the molecule is CC(C)c1cc(Cl)c(O)c(C=NNc2nc(N)cs2)c1. The summed E-state index contributed by atoms with van der Waals surface area (Å²) >= 11 is 7.35. The molecular formula is C13H15ClN4OS. The smallest absolute Gasteiger partial charge is 0.205 e. The molecule has 0 unspecified atom stereocenters. The summed E-state index contributed by atoms with van der Waals surface area (Å²) in [7, 11) is 0. The third-order valence-corrected chi connectivity index (χ3v) is 3.72. The van der Waals surface area contributed by atoms with E-state index in [4.69, 9.17) is 17.3 Å². The van der Waals surface area contributed by atoms with Gasteiger partial charge >= 0.3 is 0 Å². The van der Waals surface area contributed by atoms with E-state index in [2.05, 4.69) is 29.4 Å². The third-order valence-electron chi connectivity index (χ3n) is 2.67. The van der Waals surface area contributed by atoms with Crippen molar-refractivity contribution >= 4 is 40.1 Å². The number of nitrogens with zero attached hydrogens (tertiary/aromatic N) is 2. The number of phenols is 1. The number of aromatic nitrogens is 1. The first-order valence-corrected chi connectivity index (χ1v) is 7.25. The van der Waals surface area contributed by atoms with Crippen LogP contribution < -0.4 is 11.2 Å². The van der Waals surface area contributed by atoms with E-state index in [9.17, 15) is 5.11 Å². The normalized spacial score (nSPS) is 11.4. The monoisotopic (exact) mass is 310 g/mol. The van der Waals surface area contributed by atoms with Gasteiger partial charge in [-0.15, -0.1) is 11.3 Å². The van der Waals surface area contributed by atoms with Crippen molar-refractivity contribution < 1.29 is 5.11 Å². The summed E-state index contributed by atoms with van der Waals surface area (Å²) in [6.45, 7) is 4.11. The average molecular weight is 311 g/mol. The van der Waals surface area contributed by atoms with Gasteiger partial charge in [0.1, 0.15) is 11.6 Å². The molecule has 0 spiro atoms. The molecule has 106 valence electrons. The summed E-state index contributed by atoms with van der Waals surface area (Å²) < 4.78 is 0.